The Morgan fingerprint density at radius 2 is 1.05 bits per heavy atom. The fourth-order valence-corrected chi connectivity index (χ4v) is 8.15. The number of carbonyl (C=O) groups is 4. The molecule has 0 radical (unpaired) electrons. The number of benzene rings is 6. The van der Waals surface area contributed by atoms with Crippen LogP contribution in [0.4, 0.5) is 5.69 Å². The molecule has 2 atom stereocenters. The SMILES string of the molecule is C.Nc1ccc2cc(Br)ccc2c1.O=C(Cc1ccc2cc(Br)ccc2c1)[C@@H]1CCCN1C(=O)Cc1ccccc1.O=C(O)[C@@H]1CCCN1C(=O)Cc1ccccc1.[2H][V]([I])[I]. The Balaban J connectivity index is 0.000000211. The molecule has 13 heteroatoms. The maximum absolute atomic E-state index is 13.0. The van der Waals surface area contributed by atoms with E-state index < -0.39 is 21.3 Å². The third-order valence-corrected chi connectivity index (χ3v) is 11.3. The normalized spacial score (nSPS) is 15.6. The third-order valence-electron chi connectivity index (χ3n) is 10.3. The van der Waals surface area contributed by atoms with Gasteiger partial charge in [-0.2, -0.15) is 0 Å². The number of nitrogen functional groups attached to an aromatic ring is 1. The summed E-state index contributed by atoms with van der Waals surface area (Å²) in [5, 5.41) is 13.7. The Bertz CT molecular complexity index is 2390. The van der Waals surface area contributed by atoms with Crippen molar-refractivity contribution in [2.75, 3.05) is 18.8 Å². The molecule has 3 N–H and O–H groups in total. The van der Waals surface area contributed by atoms with Gasteiger partial charge in [-0.15, -0.1) is 0 Å². The second-order valence-electron chi connectivity index (χ2n) is 14.4. The Morgan fingerprint density at radius 3 is 1.56 bits per heavy atom. The number of carboxylic acids is 1. The number of rotatable bonds is 8. The molecule has 8 rings (SSSR count). The third kappa shape index (κ3) is 15.5. The molecule has 6 aromatic rings. The van der Waals surface area contributed by atoms with Crippen molar-refractivity contribution in [3.8, 4) is 0 Å². The summed E-state index contributed by atoms with van der Waals surface area (Å²) in [6.45, 7) is 1.23. The average Bonchev–Trinajstić information content (AvgIpc) is 3.94. The van der Waals surface area contributed by atoms with Crippen molar-refractivity contribution in [1.82, 2.24) is 9.80 Å². The van der Waals surface area contributed by atoms with Gasteiger partial charge in [0.2, 0.25) is 11.8 Å². The molecule has 0 aromatic heterocycles. The monoisotopic (exact) mass is 1210 g/mol. The van der Waals surface area contributed by atoms with E-state index in [1.807, 2.05) is 97.1 Å². The number of hydrogen-bond acceptors (Lipinski definition) is 5. The summed E-state index contributed by atoms with van der Waals surface area (Å²) in [5.74, 6) is -0.814. The molecule has 0 bridgehead atoms. The van der Waals surface area contributed by atoms with E-state index in [1.165, 1.54) is 15.7 Å². The Labute approximate surface area is 405 Å². The number of aliphatic carboxylic acids is 1. The molecule has 0 saturated carbocycles. The number of anilines is 1. The molecule has 2 aliphatic rings. The van der Waals surface area contributed by atoms with Crippen molar-refractivity contribution in [3.63, 3.8) is 0 Å². The van der Waals surface area contributed by atoms with Crippen molar-refractivity contribution in [3.05, 3.63) is 159 Å². The zero-order chi connectivity index (χ0) is 43.9. The van der Waals surface area contributed by atoms with Gasteiger partial charge >= 0.3 is 56.1 Å². The number of Topliss-reactive ketones (excluding diaryl/α,β-unsaturated/α-hetero) is 1. The molecule has 0 spiro atoms. The summed E-state index contributed by atoms with van der Waals surface area (Å²) in [5.41, 5.74) is 9.38. The fourth-order valence-electron chi connectivity index (χ4n) is 7.40. The van der Waals surface area contributed by atoms with E-state index in [4.69, 9.17) is 11.7 Å². The molecule has 0 unspecified atom stereocenters. The molecule has 0 aliphatic carbocycles. The molecule has 2 fully saturated rings. The van der Waals surface area contributed by atoms with E-state index in [9.17, 15) is 19.2 Å². The average molecular weight is 1210 g/mol. The first-order valence-electron chi connectivity index (χ1n) is 19.9. The number of nitrogens with zero attached hydrogens (tertiary/aromatic N) is 2. The van der Waals surface area contributed by atoms with Crippen LogP contribution in [0.5, 0.6) is 0 Å². The minimum atomic E-state index is -0.998. The van der Waals surface area contributed by atoms with Crippen molar-refractivity contribution < 1.29 is 33.6 Å². The first kappa shape index (κ1) is 48.8. The number of hydrogen-bond donors (Lipinski definition) is 2. The second kappa shape index (κ2) is 25.7. The van der Waals surface area contributed by atoms with Crippen LogP contribution in [-0.4, -0.2) is 64.5 Å². The predicted molar refractivity (Wildman–Crippen MR) is 270 cm³/mol. The van der Waals surface area contributed by atoms with E-state index in [-0.39, 0.29) is 37.5 Å². The van der Waals surface area contributed by atoms with E-state index in [0.717, 1.165) is 61.4 Å². The number of nitrogens with two attached hydrogens (primary N) is 1. The van der Waals surface area contributed by atoms with Crippen LogP contribution in [0.2, 0.25) is 0 Å². The quantitative estimate of drug-likeness (QED) is 0.116. The minimum absolute atomic E-state index is 0. The second-order valence-corrected chi connectivity index (χ2v) is 28.1. The summed E-state index contributed by atoms with van der Waals surface area (Å²) < 4.78 is 8.84. The number of carbonyl (C=O) groups excluding carboxylic acids is 3. The van der Waals surface area contributed by atoms with Gasteiger partial charge < -0.3 is 20.6 Å². The Morgan fingerprint density at radius 1 is 0.623 bits per heavy atom. The predicted octanol–water partition coefficient (Wildman–Crippen LogP) is 11.6. The molecule has 2 amide bonds. The molecule has 6 aromatic carbocycles. The first-order valence-corrected chi connectivity index (χ1v) is 30.0. The van der Waals surface area contributed by atoms with Crippen LogP contribution in [0.3, 0.4) is 0 Å². The summed E-state index contributed by atoms with van der Waals surface area (Å²) in [7, 11) is -0.998. The maximum atomic E-state index is 13.0. The van der Waals surface area contributed by atoms with Gasteiger partial charge in [0.05, 0.1) is 18.9 Å². The van der Waals surface area contributed by atoms with Gasteiger partial charge in [-0.25, -0.2) is 4.79 Å². The van der Waals surface area contributed by atoms with Gasteiger partial charge in [0.1, 0.15) is 6.04 Å². The van der Waals surface area contributed by atoms with Crippen LogP contribution >= 0.6 is 71.8 Å². The zero-order valence-electron chi connectivity index (χ0n) is 33.7. The van der Waals surface area contributed by atoms with E-state index >= 15 is 0 Å². The van der Waals surface area contributed by atoms with Crippen molar-refractivity contribution in [2.45, 2.75) is 64.5 Å². The van der Waals surface area contributed by atoms with Crippen molar-refractivity contribution in [2.24, 2.45) is 0 Å². The van der Waals surface area contributed by atoms with E-state index in [0.29, 0.717) is 32.4 Å². The molecular formula is C48H50Br2I2N3O5V. The number of halogens is 4. The Kier molecular flexibility index (Phi) is 20.6. The van der Waals surface area contributed by atoms with Gasteiger partial charge in [0, 0.05) is 34.1 Å². The number of fused-ring (bicyclic) bond motifs is 2. The molecule has 61 heavy (non-hydrogen) atoms. The van der Waals surface area contributed by atoms with Crippen LogP contribution in [0, 0.1) is 0 Å². The van der Waals surface area contributed by atoms with Gasteiger partial charge in [-0.3, -0.25) is 14.4 Å². The van der Waals surface area contributed by atoms with E-state index in [2.05, 4.69) is 108 Å². The van der Waals surface area contributed by atoms with Crippen molar-refractivity contribution >= 4 is 123 Å². The first-order chi connectivity index (χ1) is 29.3. The van der Waals surface area contributed by atoms with Crippen LogP contribution in [0.1, 0.15) is 49.8 Å². The van der Waals surface area contributed by atoms with Crippen LogP contribution in [-0.2, 0) is 47.8 Å². The molecule has 320 valence electrons. The Hall–Kier alpha value is -3.28. The number of likely N-dealkylation sites (tertiary alicyclic amines) is 2. The standard InChI is InChI=1S/C24H22BrNO2.C13H15NO3.C10H8BrN.CH4.2HI.V.H/c25-21-11-10-19-13-18(8-9-20(19)16-21)14-23(27)22-7-4-12-26(22)24(28)15-17-5-2-1-3-6-17;15-12(9-10-5-2-1-3-6-10)14-8-4-7-11(14)13(16)17;11-9-3-1-8-6-10(12)4-2-7(8)5-9;;;;;/h1-3,5-6,8-11,13,16,22H,4,7,12,14-15H2;1-3,5-6,11H,4,7-9H2,(H,16,17);1-6H,12H2;1H4;2*1H;;/q;;;;;;+2;/p-2/t22-;11-;;;;;;/m00....../s1/i;;;;;;;1+1. The van der Waals surface area contributed by atoms with E-state index in [1.54, 1.807) is 4.90 Å². The number of amides is 2. The number of carboxylic acid groups (broad SMARTS) is 1. The molecule has 8 nitrogen and oxygen atoms in total. The molecule has 2 aliphatic heterocycles. The van der Waals surface area contributed by atoms with Gasteiger partial charge in [0.15, 0.2) is 5.78 Å². The summed E-state index contributed by atoms with van der Waals surface area (Å²) >= 11 is 11.2. The van der Waals surface area contributed by atoms with Crippen LogP contribution in [0.15, 0.2) is 142 Å². The van der Waals surface area contributed by atoms with Crippen LogP contribution in [0.25, 0.3) is 21.5 Å². The van der Waals surface area contributed by atoms with Gasteiger partial charge in [0.25, 0.3) is 0 Å². The molecule has 2 saturated heterocycles. The zero-order valence-corrected chi connectivity index (χ0v) is 41.6. The number of ketones is 1. The van der Waals surface area contributed by atoms with Gasteiger partial charge in [-0.1, -0.05) is 136 Å². The fraction of sp³-hybridized carbons (Fsp3) is 0.250. The summed E-state index contributed by atoms with van der Waals surface area (Å²) in [6, 6.07) is 42.5. The van der Waals surface area contributed by atoms with Crippen LogP contribution < -0.4 is 5.73 Å². The van der Waals surface area contributed by atoms with Crippen molar-refractivity contribution in [1.29, 1.82) is 0.879 Å². The van der Waals surface area contributed by atoms with Gasteiger partial charge in [-0.05, 0) is 100 Å². The summed E-state index contributed by atoms with van der Waals surface area (Å²) in [6.07, 6.45) is 4.00. The topological polar surface area (TPSA) is 121 Å². The molecule has 2 heterocycles. The summed E-state index contributed by atoms with van der Waals surface area (Å²) in [4.78, 5) is 52.0. The molecular weight excluding hydrogens is 1160 g/mol.